The first-order chi connectivity index (χ1) is 11.2. The molecular formula is C12H16N10O2. The minimum atomic E-state index is -0.788. The fourth-order valence-electron chi connectivity index (χ4n) is 1.54. The molecule has 0 fully saturated rings. The van der Waals surface area contributed by atoms with Gasteiger partial charge in [0.05, 0.1) is 11.1 Å². The number of nitrogens with one attached hydrogen (secondary N) is 4. The van der Waals surface area contributed by atoms with Gasteiger partial charge in [0.25, 0.3) is 11.8 Å². The molecule has 2 amide bonds. The normalized spacial score (nSPS) is 9.33. The molecule has 1 aromatic carbocycles. The average molecular weight is 332 g/mol. The van der Waals surface area contributed by atoms with Gasteiger partial charge in [-0.15, -0.1) is 0 Å². The molecule has 0 spiro atoms. The Hall–Kier alpha value is -3.96. The van der Waals surface area contributed by atoms with Crippen LogP contribution in [0.4, 0.5) is 0 Å². The van der Waals surface area contributed by atoms with Crippen molar-refractivity contribution in [1.29, 1.82) is 10.8 Å². The summed E-state index contributed by atoms with van der Waals surface area (Å²) >= 11 is 0. The number of nitrogens with zero attached hydrogens (tertiary/aromatic N) is 2. The molecular weight excluding hydrogens is 316 g/mol. The van der Waals surface area contributed by atoms with Crippen LogP contribution < -0.4 is 33.6 Å². The maximum atomic E-state index is 12.1. The van der Waals surface area contributed by atoms with E-state index in [1.807, 2.05) is 0 Å². The summed E-state index contributed by atoms with van der Waals surface area (Å²) in [6, 6.07) is 5.71. The number of carbonyl (C=O) groups excluding carboxylic acids is 2. The molecule has 0 aliphatic carbocycles. The largest absolute Gasteiger partial charge is 0.370 e. The van der Waals surface area contributed by atoms with E-state index in [1.165, 1.54) is 24.3 Å². The number of amides is 2. The topological polar surface area (TPSA) is 235 Å². The third kappa shape index (κ3) is 5.44. The lowest BCUT2D eigenvalue weighted by molar-refractivity contribution is 0.0942. The highest BCUT2D eigenvalue weighted by Crippen LogP contribution is 2.09. The van der Waals surface area contributed by atoms with Gasteiger partial charge in [-0.05, 0) is 12.1 Å². The van der Waals surface area contributed by atoms with E-state index in [9.17, 15) is 9.59 Å². The van der Waals surface area contributed by atoms with Crippen LogP contribution in [0.3, 0.4) is 0 Å². The highest BCUT2D eigenvalue weighted by atomic mass is 16.2. The number of benzene rings is 1. The van der Waals surface area contributed by atoms with Crippen LogP contribution >= 0.6 is 0 Å². The minimum absolute atomic E-state index is 0.0666. The van der Waals surface area contributed by atoms with E-state index >= 15 is 0 Å². The van der Waals surface area contributed by atoms with E-state index in [-0.39, 0.29) is 11.1 Å². The van der Waals surface area contributed by atoms with Crippen LogP contribution in [0.1, 0.15) is 20.7 Å². The lowest BCUT2D eigenvalue weighted by Gasteiger charge is -2.09. The smallest absolute Gasteiger partial charge is 0.258 e. The Kier molecular flexibility index (Phi) is 5.94. The zero-order valence-electron chi connectivity index (χ0n) is 12.3. The van der Waals surface area contributed by atoms with Crippen LogP contribution in [0.5, 0.6) is 0 Å². The third-order valence-electron chi connectivity index (χ3n) is 2.36. The highest BCUT2D eigenvalue weighted by molar-refractivity contribution is 6.15. The molecule has 126 valence electrons. The molecule has 0 bridgehead atoms. The van der Waals surface area contributed by atoms with E-state index in [4.69, 9.17) is 33.8 Å². The van der Waals surface area contributed by atoms with Gasteiger partial charge in [0.15, 0.2) is 11.9 Å². The van der Waals surface area contributed by atoms with Gasteiger partial charge in [0.2, 0.25) is 11.9 Å². The Balaban J connectivity index is 2.99. The number of guanidine groups is 4. The quantitative estimate of drug-likeness (QED) is 0.216. The number of carbonyl (C=O) groups is 2. The number of hydrogen-bond acceptors (Lipinski definition) is 4. The van der Waals surface area contributed by atoms with Crippen LogP contribution in [-0.4, -0.2) is 35.7 Å². The number of nitrogens with two attached hydrogens (primary N) is 4. The number of rotatable bonds is 2. The molecule has 0 unspecified atom stereocenters. The van der Waals surface area contributed by atoms with Gasteiger partial charge in [0, 0.05) is 0 Å². The highest BCUT2D eigenvalue weighted by Gasteiger charge is 2.18. The molecule has 0 saturated heterocycles. The molecule has 0 aromatic heterocycles. The van der Waals surface area contributed by atoms with Gasteiger partial charge in [-0.1, -0.05) is 12.1 Å². The van der Waals surface area contributed by atoms with Gasteiger partial charge in [-0.3, -0.25) is 31.0 Å². The first kappa shape index (κ1) is 18.1. The van der Waals surface area contributed by atoms with Gasteiger partial charge in [-0.25, -0.2) is 0 Å². The van der Waals surface area contributed by atoms with Crippen LogP contribution in [0.25, 0.3) is 0 Å². The fraction of sp³-hybridized carbons (Fsp3) is 0. The zero-order valence-corrected chi connectivity index (χ0v) is 12.3. The van der Waals surface area contributed by atoms with E-state index in [0.717, 1.165) is 0 Å². The monoisotopic (exact) mass is 332 g/mol. The van der Waals surface area contributed by atoms with Crippen molar-refractivity contribution in [3.63, 3.8) is 0 Å². The van der Waals surface area contributed by atoms with Crippen LogP contribution in [0.2, 0.25) is 0 Å². The van der Waals surface area contributed by atoms with E-state index < -0.39 is 35.7 Å². The summed E-state index contributed by atoms with van der Waals surface area (Å²) in [4.78, 5) is 30.9. The van der Waals surface area contributed by atoms with Gasteiger partial charge in [0.1, 0.15) is 0 Å². The van der Waals surface area contributed by atoms with E-state index in [2.05, 4.69) is 20.6 Å². The van der Waals surface area contributed by atoms with Gasteiger partial charge in [-0.2, -0.15) is 9.98 Å². The maximum absolute atomic E-state index is 12.1. The predicted molar refractivity (Wildman–Crippen MR) is 88.4 cm³/mol. The standard InChI is InChI=1S/C12H16N10O2/c13-9(14)21-11(17)19-7(23)5-3-1-2-4-6(5)8(24)20-12(18)22-10(15)16/h1-4H,(H6,13,14,17,19,21,23)(H6,15,16,18,20,22,24). The van der Waals surface area contributed by atoms with Crippen molar-refractivity contribution in [3.8, 4) is 0 Å². The number of aliphatic imine (C=N–C) groups is 2. The molecule has 0 aliphatic heterocycles. The first-order valence-corrected chi connectivity index (χ1v) is 6.28. The molecule has 12 N–H and O–H groups in total. The lowest BCUT2D eigenvalue weighted by atomic mass is 10.1. The molecule has 0 atom stereocenters. The molecule has 12 nitrogen and oxygen atoms in total. The van der Waals surface area contributed by atoms with Crippen LogP contribution in [0, 0.1) is 10.8 Å². The van der Waals surface area contributed by atoms with Crippen molar-refractivity contribution < 1.29 is 9.59 Å². The summed E-state index contributed by atoms with van der Waals surface area (Å²) in [5, 5.41) is 19.0. The summed E-state index contributed by atoms with van der Waals surface area (Å²) in [7, 11) is 0. The van der Waals surface area contributed by atoms with Crippen molar-refractivity contribution in [2.24, 2.45) is 32.9 Å². The summed E-state index contributed by atoms with van der Waals surface area (Å²) in [6.07, 6.45) is 0. The summed E-state index contributed by atoms with van der Waals surface area (Å²) in [6.45, 7) is 0. The molecule has 0 saturated carbocycles. The Bertz CT molecular complexity index is 681. The fourth-order valence-corrected chi connectivity index (χ4v) is 1.54. The average Bonchev–Trinajstić information content (AvgIpc) is 2.45. The second-order valence-corrected chi connectivity index (χ2v) is 4.22. The van der Waals surface area contributed by atoms with E-state index in [0.29, 0.717) is 0 Å². The Labute approximate surface area is 136 Å². The van der Waals surface area contributed by atoms with Crippen molar-refractivity contribution in [2.45, 2.75) is 0 Å². The number of hydrogen-bond donors (Lipinski definition) is 8. The first-order valence-electron chi connectivity index (χ1n) is 6.28. The summed E-state index contributed by atoms with van der Waals surface area (Å²) in [5.74, 6) is -3.57. The molecule has 0 radical (unpaired) electrons. The molecule has 0 heterocycles. The SMILES string of the molecule is N=C(N=C(N)N)NC(=O)c1ccccc1C(=O)NC(=N)N=C(N)N. The Morgan fingerprint density at radius 2 is 1.12 bits per heavy atom. The summed E-state index contributed by atoms with van der Waals surface area (Å²) in [5.41, 5.74) is 20.2. The Morgan fingerprint density at radius 3 is 1.42 bits per heavy atom. The molecule has 12 heteroatoms. The maximum Gasteiger partial charge on any atom is 0.258 e. The minimum Gasteiger partial charge on any atom is -0.370 e. The molecule has 1 rings (SSSR count). The molecule has 1 aromatic rings. The zero-order chi connectivity index (χ0) is 18.3. The van der Waals surface area contributed by atoms with Crippen molar-refractivity contribution in [1.82, 2.24) is 10.6 Å². The third-order valence-corrected chi connectivity index (χ3v) is 2.36. The van der Waals surface area contributed by atoms with Crippen LogP contribution in [-0.2, 0) is 0 Å². The van der Waals surface area contributed by atoms with Crippen LogP contribution in [0.15, 0.2) is 34.3 Å². The van der Waals surface area contributed by atoms with E-state index in [1.54, 1.807) is 0 Å². The van der Waals surface area contributed by atoms with Crippen molar-refractivity contribution in [3.05, 3.63) is 35.4 Å². The van der Waals surface area contributed by atoms with Gasteiger partial charge >= 0.3 is 0 Å². The second-order valence-electron chi connectivity index (χ2n) is 4.22. The molecule has 0 aliphatic rings. The predicted octanol–water partition coefficient (Wildman–Crippen LogP) is -2.44. The van der Waals surface area contributed by atoms with Gasteiger partial charge < -0.3 is 22.9 Å². The lowest BCUT2D eigenvalue weighted by Crippen LogP contribution is -2.36. The Morgan fingerprint density at radius 1 is 0.792 bits per heavy atom. The molecule has 24 heavy (non-hydrogen) atoms. The van der Waals surface area contributed by atoms with Crippen molar-refractivity contribution >= 4 is 35.7 Å². The summed E-state index contributed by atoms with van der Waals surface area (Å²) < 4.78 is 0. The second kappa shape index (κ2) is 7.88. The van der Waals surface area contributed by atoms with Crippen molar-refractivity contribution in [2.75, 3.05) is 0 Å².